The van der Waals surface area contributed by atoms with Crippen LogP contribution in [0.3, 0.4) is 0 Å². The van der Waals surface area contributed by atoms with E-state index in [-0.39, 0.29) is 12.1 Å². The van der Waals surface area contributed by atoms with Gasteiger partial charge in [-0.15, -0.1) is 0 Å². The summed E-state index contributed by atoms with van der Waals surface area (Å²) in [4.78, 5) is 33.2. The summed E-state index contributed by atoms with van der Waals surface area (Å²) in [6.07, 6.45) is 0. The van der Waals surface area contributed by atoms with Gasteiger partial charge in [-0.1, -0.05) is 0 Å². The Balaban J connectivity index is 2.93. The van der Waals surface area contributed by atoms with E-state index >= 15 is 0 Å². The van der Waals surface area contributed by atoms with Gasteiger partial charge in [-0.05, 0) is 12.1 Å². The highest BCUT2D eigenvalue weighted by Gasteiger charge is 2.06. The van der Waals surface area contributed by atoms with E-state index in [2.05, 4.69) is 0 Å². The van der Waals surface area contributed by atoms with Gasteiger partial charge in [0.1, 0.15) is 0 Å². The van der Waals surface area contributed by atoms with Crippen molar-refractivity contribution >= 4 is 18.6 Å². The molecule has 0 aromatic heterocycles. The average molecular weight is 154 g/mol. The first-order chi connectivity index (χ1) is 3.63. The zero-order valence-corrected chi connectivity index (χ0v) is 6.67. The second-order valence-electron chi connectivity index (χ2n) is 1.54. The van der Waals surface area contributed by atoms with E-state index in [4.69, 9.17) is 19.2 Å². The molecular formula is C2H10O4Si2. The Hall–Kier alpha value is 0.274. The molecule has 0 fully saturated rings. The zero-order chi connectivity index (χ0) is 6.57. The highest BCUT2D eigenvalue weighted by atomic mass is 28.3. The van der Waals surface area contributed by atoms with Crippen LogP contribution in [0.1, 0.15) is 0 Å². The molecule has 4 nitrogen and oxygen atoms in total. The summed E-state index contributed by atoms with van der Waals surface area (Å²) in [5.74, 6) is 0. The van der Waals surface area contributed by atoms with Crippen LogP contribution in [0.4, 0.5) is 0 Å². The SMILES string of the molecule is O[SiH](O)CC[SiH](O)O. The summed E-state index contributed by atoms with van der Waals surface area (Å²) >= 11 is 0. The van der Waals surface area contributed by atoms with Gasteiger partial charge in [-0.25, -0.2) is 0 Å². The molecule has 0 rings (SSSR count). The molecule has 0 bridgehead atoms. The van der Waals surface area contributed by atoms with Crippen LogP contribution >= 0.6 is 0 Å². The van der Waals surface area contributed by atoms with Crippen LogP contribution in [-0.4, -0.2) is 37.8 Å². The van der Waals surface area contributed by atoms with Crippen LogP contribution < -0.4 is 0 Å². The van der Waals surface area contributed by atoms with Gasteiger partial charge >= 0.3 is 18.6 Å². The van der Waals surface area contributed by atoms with Crippen molar-refractivity contribution in [3.63, 3.8) is 0 Å². The van der Waals surface area contributed by atoms with Gasteiger partial charge in [0, 0.05) is 0 Å². The summed E-state index contributed by atoms with van der Waals surface area (Å²) in [5, 5.41) is 0. The molecule has 0 atom stereocenters. The van der Waals surface area contributed by atoms with Crippen LogP contribution in [0.2, 0.25) is 12.1 Å². The Kier molecular flexibility index (Phi) is 4.33. The van der Waals surface area contributed by atoms with Crippen molar-refractivity contribution in [2.75, 3.05) is 0 Å². The lowest BCUT2D eigenvalue weighted by Crippen LogP contribution is -2.17. The predicted octanol–water partition coefficient (Wildman–Crippen LogP) is -2.60. The number of rotatable bonds is 3. The number of hydrogen-bond donors (Lipinski definition) is 4. The van der Waals surface area contributed by atoms with Gasteiger partial charge in [0.15, 0.2) is 0 Å². The Morgan fingerprint density at radius 1 is 0.750 bits per heavy atom. The van der Waals surface area contributed by atoms with Crippen LogP contribution in [0.15, 0.2) is 0 Å². The molecule has 8 heavy (non-hydrogen) atoms. The second kappa shape index (κ2) is 4.18. The van der Waals surface area contributed by atoms with E-state index in [9.17, 15) is 0 Å². The standard InChI is InChI=1S/C2H10O4Si2/c3-7(4)1-2-8(5)6/h3-8H,1-2H2. The van der Waals surface area contributed by atoms with Gasteiger partial charge in [0.2, 0.25) is 0 Å². The first-order valence-electron chi connectivity index (χ1n) is 2.35. The fraction of sp³-hybridized carbons (Fsp3) is 1.00. The van der Waals surface area contributed by atoms with Gasteiger partial charge in [-0.2, -0.15) is 0 Å². The molecule has 0 aliphatic rings. The summed E-state index contributed by atoms with van der Waals surface area (Å²) in [6.45, 7) is 0. The summed E-state index contributed by atoms with van der Waals surface area (Å²) in [7, 11) is -5.02. The van der Waals surface area contributed by atoms with Crippen molar-refractivity contribution in [3.8, 4) is 0 Å². The normalized spacial score (nSPS) is 11.2. The molecule has 0 spiro atoms. The lowest BCUT2D eigenvalue weighted by atomic mass is 11.0. The third kappa shape index (κ3) is 6.27. The first-order valence-corrected chi connectivity index (χ1v) is 6.05. The van der Waals surface area contributed by atoms with Crippen LogP contribution in [0, 0.1) is 0 Å². The van der Waals surface area contributed by atoms with Crippen molar-refractivity contribution in [1.29, 1.82) is 0 Å². The molecule has 50 valence electrons. The summed E-state index contributed by atoms with van der Waals surface area (Å²) < 4.78 is 0. The van der Waals surface area contributed by atoms with E-state index in [0.29, 0.717) is 0 Å². The van der Waals surface area contributed by atoms with Crippen LogP contribution in [-0.2, 0) is 0 Å². The molecule has 0 aromatic carbocycles. The Labute approximate surface area is 50.7 Å². The molecular weight excluding hydrogens is 144 g/mol. The van der Waals surface area contributed by atoms with E-state index in [1.807, 2.05) is 0 Å². The van der Waals surface area contributed by atoms with Crippen LogP contribution in [0.25, 0.3) is 0 Å². The molecule has 0 radical (unpaired) electrons. The Morgan fingerprint density at radius 3 is 1.12 bits per heavy atom. The smallest absolute Gasteiger partial charge is 0.315 e. The fourth-order valence-corrected chi connectivity index (χ4v) is 2.68. The van der Waals surface area contributed by atoms with Crippen molar-refractivity contribution in [3.05, 3.63) is 0 Å². The molecule has 0 saturated carbocycles. The maximum absolute atomic E-state index is 8.30. The van der Waals surface area contributed by atoms with Crippen molar-refractivity contribution in [2.45, 2.75) is 12.1 Å². The van der Waals surface area contributed by atoms with Gasteiger partial charge in [0.05, 0.1) is 0 Å². The fourth-order valence-electron chi connectivity index (χ4n) is 0.298. The predicted molar refractivity (Wildman–Crippen MR) is 32.8 cm³/mol. The molecule has 0 aliphatic carbocycles. The quantitative estimate of drug-likeness (QED) is 0.336. The maximum Gasteiger partial charge on any atom is 0.315 e. The number of hydrogen-bond acceptors (Lipinski definition) is 4. The molecule has 0 aliphatic heterocycles. The minimum atomic E-state index is -2.51. The third-order valence-electron chi connectivity index (χ3n) is 0.683. The molecule has 4 N–H and O–H groups in total. The van der Waals surface area contributed by atoms with Gasteiger partial charge < -0.3 is 19.2 Å². The first kappa shape index (κ1) is 8.27. The van der Waals surface area contributed by atoms with Crippen molar-refractivity contribution in [1.82, 2.24) is 0 Å². The van der Waals surface area contributed by atoms with E-state index < -0.39 is 18.6 Å². The minimum absolute atomic E-state index is 0.198. The Morgan fingerprint density at radius 2 is 1.00 bits per heavy atom. The average Bonchev–Trinajstić information content (AvgIpc) is 1.61. The Bertz CT molecular complexity index is 48.0. The van der Waals surface area contributed by atoms with E-state index in [0.717, 1.165) is 0 Å². The molecule has 6 heteroatoms. The summed E-state index contributed by atoms with van der Waals surface area (Å²) in [5.41, 5.74) is 0. The molecule has 0 amide bonds. The topological polar surface area (TPSA) is 80.9 Å². The lowest BCUT2D eigenvalue weighted by molar-refractivity contribution is 0.389. The minimum Gasteiger partial charge on any atom is -0.413 e. The van der Waals surface area contributed by atoms with Crippen molar-refractivity contribution < 1.29 is 19.2 Å². The molecule has 0 aromatic rings. The lowest BCUT2D eigenvalue weighted by Gasteiger charge is -1.98. The maximum atomic E-state index is 8.30. The van der Waals surface area contributed by atoms with E-state index in [1.165, 1.54) is 0 Å². The van der Waals surface area contributed by atoms with Gasteiger partial charge in [0.25, 0.3) is 0 Å². The highest BCUT2D eigenvalue weighted by molar-refractivity contribution is 6.47. The second-order valence-corrected chi connectivity index (χ2v) is 4.62. The molecule has 0 unspecified atom stereocenters. The monoisotopic (exact) mass is 154 g/mol. The van der Waals surface area contributed by atoms with Crippen molar-refractivity contribution in [2.24, 2.45) is 0 Å². The third-order valence-corrected chi connectivity index (χ3v) is 3.05. The highest BCUT2D eigenvalue weighted by Crippen LogP contribution is 1.93. The molecule has 0 saturated heterocycles. The van der Waals surface area contributed by atoms with Crippen LogP contribution in [0.5, 0.6) is 0 Å². The molecule has 0 heterocycles. The summed E-state index contributed by atoms with van der Waals surface area (Å²) in [6, 6.07) is 0.397. The van der Waals surface area contributed by atoms with E-state index in [1.54, 1.807) is 0 Å². The van der Waals surface area contributed by atoms with Gasteiger partial charge in [-0.3, -0.25) is 0 Å². The largest absolute Gasteiger partial charge is 0.413 e. The zero-order valence-electron chi connectivity index (χ0n) is 4.36.